The summed E-state index contributed by atoms with van der Waals surface area (Å²) in [5.41, 5.74) is 2.39. The summed E-state index contributed by atoms with van der Waals surface area (Å²) in [6.07, 6.45) is 3.82. The van der Waals surface area contributed by atoms with Gasteiger partial charge in [-0.15, -0.1) is 0 Å². The van der Waals surface area contributed by atoms with Crippen molar-refractivity contribution in [1.29, 1.82) is 0 Å². The van der Waals surface area contributed by atoms with Gasteiger partial charge in [0.25, 0.3) is 0 Å². The summed E-state index contributed by atoms with van der Waals surface area (Å²) >= 11 is 3.62. The molecular formula is C11H18BrN3. The molecule has 2 rings (SSSR count). The molecule has 1 saturated carbocycles. The first kappa shape index (κ1) is 11.1. The zero-order chi connectivity index (χ0) is 11.0. The van der Waals surface area contributed by atoms with Crippen LogP contribution in [-0.4, -0.2) is 22.9 Å². The Kier molecular flexibility index (Phi) is 3.16. The van der Waals surface area contributed by atoms with Crippen molar-refractivity contribution in [2.45, 2.75) is 32.2 Å². The van der Waals surface area contributed by atoms with E-state index in [0.29, 0.717) is 6.04 Å². The molecule has 0 radical (unpaired) electrons. The van der Waals surface area contributed by atoms with Gasteiger partial charge < -0.3 is 5.32 Å². The average molecular weight is 272 g/mol. The number of rotatable bonds is 4. The number of nitrogens with one attached hydrogen (secondary N) is 1. The largest absolute Gasteiger partial charge is 0.316 e. The van der Waals surface area contributed by atoms with Crippen molar-refractivity contribution in [3.63, 3.8) is 0 Å². The van der Waals surface area contributed by atoms with Gasteiger partial charge in [0.15, 0.2) is 0 Å². The third-order valence-electron chi connectivity index (χ3n) is 3.24. The molecule has 4 heteroatoms. The highest BCUT2D eigenvalue weighted by Gasteiger charge is 2.31. The number of nitrogens with zero attached hydrogens (tertiary/aromatic N) is 2. The van der Waals surface area contributed by atoms with E-state index >= 15 is 0 Å². The molecule has 0 saturated heterocycles. The van der Waals surface area contributed by atoms with E-state index in [1.165, 1.54) is 23.0 Å². The Morgan fingerprint density at radius 2 is 2.27 bits per heavy atom. The second-order valence-electron chi connectivity index (χ2n) is 4.41. The van der Waals surface area contributed by atoms with Gasteiger partial charge in [-0.05, 0) is 48.7 Å². The topological polar surface area (TPSA) is 29.9 Å². The lowest BCUT2D eigenvalue weighted by atomic mass is 10.1. The molecule has 0 spiro atoms. The predicted octanol–water partition coefficient (Wildman–Crippen LogP) is 2.03. The van der Waals surface area contributed by atoms with Crippen LogP contribution in [0.2, 0.25) is 0 Å². The number of hydrogen-bond donors (Lipinski definition) is 1. The first-order chi connectivity index (χ1) is 7.13. The molecule has 15 heavy (non-hydrogen) atoms. The summed E-state index contributed by atoms with van der Waals surface area (Å²) < 4.78 is 3.16. The van der Waals surface area contributed by atoms with Crippen molar-refractivity contribution in [2.24, 2.45) is 13.0 Å². The highest BCUT2D eigenvalue weighted by atomic mass is 79.9. The van der Waals surface area contributed by atoms with Crippen molar-refractivity contribution in [3.8, 4) is 0 Å². The molecular weight excluding hydrogens is 254 g/mol. The quantitative estimate of drug-likeness (QED) is 0.909. The van der Waals surface area contributed by atoms with E-state index in [-0.39, 0.29) is 0 Å². The zero-order valence-corrected chi connectivity index (χ0v) is 11.1. The van der Waals surface area contributed by atoms with E-state index < -0.39 is 0 Å². The van der Waals surface area contributed by atoms with Gasteiger partial charge in [0.1, 0.15) is 0 Å². The molecule has 84 valence electrons. The van der Waals surface area contributed by atoms with Gasteiger partial charge in [-0.2, -0.15) is 5.10 Å². The van der Waals surface area contributed by atoms with Crippen molar-refractivity contribution in [1.82, 2.24) is 15.1 Å². The van der Waals surface area contributed by atoms with E-state index in [4.69, 9.17) is 0 Å². The fraction of sp³-hybridized carbons (Fsp3) is 0.727. The summed E-state index contributed by atoms with van der Waals surface area (Å²) in [4.78, 5) is 0. The van der Waals surface area contributed by atoms with Crippen LogP contribution in [-0.2, 0) is 13.5 Å². The highest BCUT2D eigenvalue weighted by molar-refractivity contribution is 9.10. The molecule has 0 bridgehead atoms. The number of hydrogen-bond acceptors (Lipinski definition) is 2. The van der Waals surface area contributed by atoms with Crippen LogP contribution in [0.25, 0.3) is 0 Å². The Morgan fingerprint density at radius 3 is 2.67 bits per heavy atom. The number of aryl methyl sites for hydroxylation is 2. The summed E-state index contributed by atoms with van der Waals surface area (Å²) in [7, 11) is 4.08. The zero-order valence-electron chi connectivity index (χ0n) is 9.55. The normalized spacial score (nSPS) is 18.1. The van der Waals surface area contributed by atoms with E-state index in [9.17, 15) is 0 Å². The maximum atomic E-state index is 4.42. The number of halogens is 1. The van der Waals surface area contributed by atoms with Crippen molar-refractivity contribution in [2.75, 3.05) is 7.05 Å². The standard InChI is InChI=1S/C11H18BrN3/c1-7-11(12)10(15(3)14-7)6-9(13-2)8-4-5-8/h8-9,13H,4-6H2,1-3H3. The smallest absolute Gasteiger partial charge is 0.0738 e. The van der Waals surface area contributed by atoms with Crippen LogP contribution >= 0.6 is 15.9 Å². The second-order valence-corrected chi connectivity index (χ2v) is 5.20. The Labute approximate surface area is 99.4 Å². The Balaban J connectivity index is 2.14. The maximum Gasteiger partial charge on any atom is 0.0738 e. The van der Waals surface area contributed by atoms with Crippen LogP contribution < -0.4 is 5.32 Å². The summed E-state index contributed by atoms with van der Waals surface area (Å²) in [6, 6.07) is 0.608. The van der Waals surface area contributed by atoms with E-state index in [2.05, 4.69) is 33.4 Å². The third kappa shape index (κ3) is 2.26. The SMILES string of the molecule is CNC(Cc1c(Br)c(C)nn1C)C1CC1. The molecule has 1 aliphatic rings. The van der Waals surface area contributed by atoms with E-state index in [0.717, 1.165) is 18.0 Å². The van der Waals surface area contributed by atoms with Crippen LogP contribution in [0.15, 0.2) is 4.47 Å². The fourth-order valence-electron chi connectivity index (χ4n) is 2.11. The minimum Gasteiger partial charge on any atom is -0.316 e. The number of likely N-dealkylation sites (N-methyl/N-ethyl adjacent to an activating group) is 1. The molecule has 1 atom stereocenters. The Hall–Kier alpha value is -0.350. The summed E-state index contributed by atoms with van der Waals surface area (Å²) in [6.45, 7) is 2.04. The first-order valence-electron chi connectivity index (χ1n) is 5.48. The fourth-order valence-corrected chi connectivity index (χ4v) is 2.61. The lowest BCUT2D eigenvalue weighted by molar-refractivity contribution is 0.484. The van der Waals surface area contributed by atoms with Gasteiger partial charge in [0.05, 0.1) is 15.9 Å². The van der Waals surface area contributed by atoms with Crippen LogP contribution in [0.1, 0.15) is 24.2 Å². The van der Waals surface area contributed by atoms with Gasteiger partial charge in [-0.1, -0.05) is 0 Å². The molecule has 3 nitrogen and oxygen atoms in total. The molecule has 0 amide bonds. The molecule has 1 aromatic heterocycles. The molecule has 1 aromatic rings. The molecule has 1 unspecified atom stereocenters. The lowest BCUT2D eigenvalue weighted by Gasteiger charge is -2.15. The molecule has 0 aromatic carbocycles. The van der Waals surface area contributed by atoms with Gasteiger partial charge >= 0.3 is 0 Å². The molecule has 0 aliphatic heterocycles. The average Bonchev–Trinajstić information content (AvgIpc) is 2.98. The monoisotopic (exact) mass is 271 g/mol. The van der Waals surface area contributed by atoms with Gasteiger partial charge in [0, 0.05) is 19.5 Å². The molecule has 1 heterocycles. The second kappa shape index (κ2) is 4.26. The summed E-state index contributed by atoms with van der Waals surface area (Å²) in [5, 5.41) is 7.83. The minimum atomic E-state index is 0.608. The summed E-state index contributed by atoms with van der Waals surface area (Å²) in [5.74, 6) is 0.872. The third-order valence-corrected chi connectivity index (χ3v) is 4.27. The van der Waals surface area contributed by atoms with E-state index in [1.54, 1.807) is 0 Å². The van der Waals surface area contributed by atoms with Crippen LogP contribution in [0, 0.1) is 12.8 Å². The molecule has 1 fully saturated rings. The Bertz CT molecular complexity index is 355. The van der Waals surface area contributed by atoms with Gasteiger partial charge in [-0.25, -0.2) is 0 Å². The number of aromatic nitrogens is 2. The van der Waals surface area contributed by atoms with Crippen molar-refractivity contribution in [3.05, 3.63) is 15.9 Å². The van der Waals surface area contributed by atoms with Gasteiger partial charge in [0.2, 0.25) is 0 Å². The van der Waals surface area contributed by atoms with Crippen LogP contribution in [0.4, 0.5) is 0 Å². The van der Waals surface area contributed by atoms with Crippen LogP contribution in [0.3, 0.4) is 0 Å². The lowest BCUT2D eigenvalue weighted by Crippen LogP contribution is -2.30. The first-order valence-corrected chi connectivity index (χ1v) is 6.28. The van der Waals surface area contributed by atoms with Gasteiger partial charge in [-0.3, -0.25) is 4.68 Å². The molecule has 1 N–H and O–H groups in total. The van der Waals surface area contributed by atoms with Crippen molar-refractivity contribution < 1.29 is 0 Å². The Morgan fingerprint density at radius 1 is 1.60 bits per heavy atom. The van der Waals surface area contributed by atoms with Crippen LogP contribution in [0.5, 0.6) is 0 Å². The minimum absolute atomic E-state index is 0.608. The molecule has 1 aliphatic carbocycles. The highest BCUT2D eigenvalue weighted by Crippen LogP contribution is 2.35. The maximum absolute atomic E-state index is 4.42. The van der Waals surface area contributed by atoms with E-state index in [1.807, 2.05) is 18.7 Å². The predicted molar refractivity (Wildman–Crippen MR) is 64.9 cm³/mol. The van der Waals surface area contributed by atoms with Crippen molar-refractivity contribution >= 4 is 15.9 Å².